The summed E-state index contributed by atoms with van der Waals surface area (Å²) in [6, 6.07) is 7.98. The standard InChI is InChI=1S/C18H20N2O6S/c1-20(2)16(21)10-26-12-5-4-11(8-13(12)25-3)9-19-17(22)14-6-7-15(27-14)18(23)24/h4-8H,9-10H2,1-3H3,(H,19,22)(H,23,24). The minimum Gasteiger partial charge on any atom is -0.493 e. The maximum absolute atomic E-state index is 12.1. The van der Waals surface area contributed by atoms with Crippen molar-refractivity contribution in [3.63, 3.8) is 0 Å². The molecule has 0 unspecified atom stereocenters. The molecule has 1 aromatic carbocycles. The number of carbonyl (C=O) groups is 3. The number of amides is 2. The minimum atomic E-state index is -1.06. The van der Waals surface area contributed by atoms with Gasteiger partial charge in [-0.15, -0.1) is 11.3 Å². The van der Waals surface area contributed by atoms with Gasteiger partial charge in [-0.05, 0) is 29.8 Å². The summed E-state index contributed by atoms with van der Waals surface area (Å²) in [5.41, 5.74) is 0.765. The maximum Gasteiger partial charge on any atom is 0.345 e. The molecule has 0 bridgehead atoms. The number of ether oxygens (including phenoxy) is 2. The number of thiophene rings is 1. The summed E-state index contributed by atoms with van der Waals surface area (Å²) < 4.78 is 10.7. The molecular weight excluding hydrogens is 372 g/mol. The second-order valence-electron chi connectivity index (χ2n) is 5.71. The normalized spacial score (nSPS) is 10.2. The molecule has 144 valence electrons. The lowest BCUT2D eigenvalue weighted by molar-refractivity contribution is -0.130. The average Bonchev–Trinajstić information content (AvgIpc) is 3.14. The molecular formula is C18H20N2O6S. The Morgan fingerprint density at radius 2 is 1.81 bits per heavy atom. The van der Waals surface area contributed by atoms with Gasteiger partial charge < -0.3 is 24.8 Å². The molecule has 0 spiro atoms. The van der Waals surface area contributed by atoms with Gasteiger partial charge in [-0.25, -0.2) is 4.79 Å². The van der Waals surface area contributed by atoms with E-state index < -0.39 is 5.97 Å². The topological polar surface area (TPSA) is 105 Å². The van der Waals surface area contributed by atoms with E-state index in [1.165, 1.54) is 24.1 Å². The Morgan fingerprint density at radius 3 is 2.41 bits per heavy atom. The van der Waals surface area contributed by atoms with Crippen LogP contribution in [-0.4, -0.2) is 55.6 Å². The van der Waals surface area contributed by atoms with E-state index in [0.717, 1.165) is 16.9 Å². The number of hydrogen-bond donors (Lipinski definition) is 2. The maximum atomic E-state index is 12.1. The molecule has 27 heavy (non-hydrogen) atoms. The van der Waals surface area contributed by atoms with Gasteiger partial charge in [-0.3, -0.25) is 9.59 Å². The molecule has 2 rings (SSSR count). The largest absolute Gasteiger partial charge is 0.493 e. The molecule has 2 aromatic rings. The van der Waals surface area contributed by atoms with Gasteiger partial charge in [0, 0.05) is 20.6 Å². The fourth-order valence-corrected chi connectivity index (χ4v) is 2.82. The molecule has 9 heteroatoms. The summed E-state index contributed by atoms with van der Waals surface area (Å²) in [6.07, 6.45) is 0. The smallest absolute Gasteiger partial charge is 0.345 e. The predicted molar refractivity (Wildman–Crippen MR) is 99.6 cm³/mol. The Morgan fingerprint density at radius 1 is 1.11 bits per heavy atom. The lowest BCUT2D eigenvalue weighted by atomic mass is 10.2. The predicted octanol–water partition coefficient (Wildman–Crippen LogP) is 1.85. The van der Waals surface area contributed by atoms with Gasteiger partial charge in [0.15, 0.2) is 18.1 Å². The monoisotopic (exact) mass is 392 g/mol. The lowest BCUT2D eigenvalue weighted by Gasteiger charge is -2.14. The SMILES string of the molecule is COc1cc(CNC(=O)c2ccc(C(=O)O)s2)ccc1OCC(=O)N(C)C. The highest BCUT2D eigenvalue weighted by Crippen LogP contribution is 2.28. The van der Waals surface area contributed by atoms with Gasteiger partial charge in [-0.1, -0.05) is 6.07 Å². The van der Waals surface area contributed by atoms with Crippen LogP contribution in [0.5, 0.6) is 11.5 Å². The van der Waals surface area contributed by atoms with Crippen molar-refractivity contribution in [2.75, 3.05) is 27.8 Å². The summed E-state index contributed by atoms with van der Waals surface area (Å²) >= 11 is 0.914. The number of hydrogen-bond acceptors (Lipinski definition) is 6. The number of nitrogens with zero attached hydrogens (tertiary/aromatic N) is 1. The van der Waals surface area contributed by atoms with Crippen LogP contribution < -0.4 is 14.8 Å². The number of carboxylic acid groups (broad SMARTS) is 1. The van der Waals surface area contributed by atoms with Crippen molar-refractivity contribution in [2.24, 2.45) is 0 Å². The van der Waals surface area contributed by atoms with E-state index in [0.29, 0.717) is 16.4 Å². The number of likely N-dealkylation sites (N-methyl/N-ethyl adjacent to an activating group) is 1. The van der Waals surface area contributed by atoms with Crippen LogP contribution in [0.3, 0.4) is 0 Å². The van der Waals surface area contributed by atoms with Gasteiger partial charge >= 0.3 is 5.97 Å². The summed E-state index contributed by atoms with van der Waals surface area (Å²) in [5.74, 6) is -0.731. The summed E-state index contributed by atoms with van der Waals surface area (Å²) in [6.45, 7) is 0.121. The Labute approximate surface area is 160 Å². The van der Waals surface area contributed by atoms with E-state index in [9.17, 15) is 14.4 Å². The van der Waals surface area contributed by atoms with Crippen LogP contribution >= 0.6 is 11.3 Å². The van der Waals surface area contributed by atoms with Gasteiger partial charge in [-0.2, -0.15) is 0 Å². The Bertz CT molecular complexity index is 846. The Hall–Kier alpha value is -3.07. The third kappa shape index (κ3) is 5.45. The highest BCUT2D eigenvalue weighted by Gasteiger charge is 2.14. The number of rotatable bonds is 8. The van der Waals surface area contributed by atoms with Gasteiger partial charge in [0.1, 0.15) is 4.88 Å². The van der Waals surface area contributed by atoms with Crippen LogP contribution in [0.1, 0.15) is 24.9 Å². The van der Waals surface area contributed by atoms with E-state index >= 15 is 0 Å². The first-order valence-electron chi connectivity index (χ1n) is 7.93. The zero-order chi connectivity index (χ0) is 20.0. The van der Waals surface area contributed by atoms with Crippen molar-refractivity contribution in [1.29, 1.82) is 0 Å². The molecule has 0 aliphatic carbocycles. The van der Waals surface area contributed by atoms with Crippen LogP contribution in [0.25, 0.3) is 0 Å². The third-order valence-electron chi connectivity index (χ3n) is 3.57. The molecule has 0 fully saturated rings. The molecule has 0 saturated heterocycles. The molecule has 0 saturated carbocycles. The summed E-state index contributed by atoms with van der Waals surface area (Å²) in [7, 11) is 4.76. The Balaban J connectivity index is 1.99. The van der Waals surface area contributed by atoms with Crippen LogP contribution in [0.15, 0.2) is 30.3 Å². The molecule has 0 radical (unpaired) electrons. The number of nitrogens with one attached hydrogen (secondary N) is 1. The first kappa shape index (κ1) is 20.2. The molecule has 0 aliphatic heterocycles. The van der Waals surface area contributed by atoms with Crippen molar-refractivity contribution in [3.05, 3.63) is 45.6 Å². The third-order valence-corrected chi connectivity index (χ3v) is 4.64. The fraction of sp³-hybridized carbons (Fsp3) is 0.278. The molecule has 0 atom stereocenters. The van der Waals surface area contributed by atoms with Gasteiger partial charge in [0.2, 0.25) is 0 Å². The molecule has 8 nitrogen and oxygen atoms in total. The van der Waals surface area contributed by atoms with Crippen LogP contribution in [0.4, 0.5) is 0 Å². The molecule has 1 heterocycles. The number of carboxylic acids is 1. The van der Waals surface area contributed by atoms with E-state index in [2.05, 4.69) is 5.32 Å². The van der Waals surface area contributed by atoms with E-state index in [-0.39, 0.29) is 29.8 Å². The first-order chi connectivity index (χ1) is 12.8. The number of aromatic carboxylic acids is 1. The van der Waals surface area contributed by atoms with Crippen molar-refractivity contribution >= 4 is 29.1 Å². The molecule has 2 N–H and O–H groups in total. The van der Waals surface area contributed by atoms with E-state index in [4.69, 9.17) is 14.6 Å². The highest BCUT2D eigenvalue weighted by molar-refractivity contribution is 7.15. The quantitative estimate of drug-likeness (QED) is 0.710. The van der Waals surface area contributed by atoms with Crippen LogP contribution in [0.2, 0.25) is 0 Å². The number of methoxy groups -OCH3 is 1. The summed E-state index contributed by atoms with van der Waals surface area (Å²) in [4.78, 5) is 36.5. The second-order valence-corrected chi connectivity index (χ2v) is 6.80. The zero-order valence-electron chi connectivity index (χ0n) is 15.1. The van der Waals surface area contributed by atoms with Gasteiger partial charge in [0.25, 0.3) is 11.8 Å². The lowest BCUT2D eigenvalue weighted by Crippen LogP contribution is -2.27. The Kier molecular flexibility index (Phi) is 6.78. The molecule has 2 amide bonds. The van der Waals surface area contributed by atoms with Crippen LogP contribution in [0, 0.1) is 0 Å². The zero-order valence-corrected chi connectivity index (χ0v) is 16.0. The number of carbonyl (C=O) groups excluding carboxylic acids is 2. The minimum absolute atomic E-state index is 0.107. The van der Waals surface area contributed by atoms with E-state index in [1.807, 2.05) is 0 Å². The summed E-state index contributed by atoms with van der Waals surface area (Å²) in [5, 5.41) is 11.6. The average molecular weight is 392 g/mol. The second kappa shape index (κ2) is 9.04. The fourth-order valence-electron chi connectivity index (χ4n) is 2.05. The van der Waals surface area contributed by atoms with Crippen molar-refractivity contribution < 1.29 is 29.0 Å². The first-order valence-corrected chi connectivity index (χ1v) is 8.74. The van der Waals surface area contributed by atoms with Crippen molar-refractivity contribution in [3.8, 4) is 11.5 Å². The van der Waals surface area contributed by atoms with Crippen LogP contribution in [-0.2, 0) is 11.3 Å². The van der Waals surface area contributed by atoms with Crippen molar-refractivity contribution in [2.45, 2.75) is 6.54 Å². The molecule has 0 aliphatic rings. The molecule has 1 aromatic heterocycles. The van der Waals surface area contributed by atoms with Gasteiger partial charge in [0.05, 0.1) is 12.0 Å². The highest BCUT2D eigenvalue weighted by atomic mass is 32.1. The van der Waals surface area contributed by atoms with Crippen molar-refractivity contribution in [1.82, 2.24) is 10.2 Å². The number of benzene rings is 1. The van der Waals surface area contributed by atoms with E-state index in [1.54, 1.807) is 32.3 Å².